The fourth-order valence-corrected chi connectivity index (χ4v) is 5.37. The average molecular weight is 443 g/mol. The summed E-state index contributed by atoms with van der Waals surface area (Å²) in [5.74, 6) is 0.0218. The maximum absolute atomic E-state index is 12.8. The van der Waals surface area contributed by atoms with Crippen LogP contribution in [0.4, 0.5) is 5.69 Å². The van der Waals surface area contributed by atoms with E-state index in [1.807, 2.05) is 6.92 Å². The largest absolute Gasteiger partial charge is 0.345 e. The van der Waals surface area contributed by atoms with Gasteiger partial charge in [-0.15, -0.1) is 11.3 Å². The maximum atomic E-state index is 12.8. The molecule has 0 unspecified atom stereocenters. The maximum Gasteiger partial charge on any atom is 0.271 e. The molecule has 1 aromatic heterocycles. The smallest absolute Gasteiger partial charge is 0.271 e. The summed E-state index contributed by atoms with van der Waals surface area (Å²) in [6.45, 7) is 8.26. The van der Waals surface area contributed by atoms with E-state index in [4.69, 9.17) is 0 Å². The van der Waals surface area contributed by atoms with Crippen LogP contribution in [0.3, 0.4) is 0 Å². The SMILES string of the molecule is Cc1ccc([C@@H](NC(=O)c2ccc(NS(=O)(=O)c3cccs3)cc2)C(C)C)c(C)c1. The third-order valence-electron chi connectivity index (χ3n) is 4.87. The van der Waals surface area contributed by atoms with Gasteiger partial charge in [-0.2, -0.15) is 0 Å². The number of benzene rings is 2. The number of carbonyl (C=O) groups excluding carboxylic acids is 1. The molecule has 2 aromatic carbocycles. The molecule has 7 heteroatoms. The third-order valence-corrected chi connectivity index (χ3v) is 7.65. The Morgan fingerprint density at radius 3 is 2.27 bits per heavy atom. The van der Waals surface area contributed by atoms with Crippen molar-refractivity contribution in [3.63, 3.8) is 0 Å². The molecule has 0 aliphatic heterocycles. The van der Waals surface area contributed by atoms with Crippen molar-refractivity contribution < 1.29 is 13.2 Å². The molecular weight excluding hydrogens is 416 g/mol. The first-order valence-electron chi connectivity index (χ1n) is 9.72. The van der Waals surface area contributed by atoms with Crippen LogP contribution in [-0.2, 0) is 10.0 Å². The van der Waals surface area contributed by atoms with Crippen molar-refractivity contribution in [2.24, 2.45) is 5.92 Å². The van der Waals surface area contributed by atoms with Crippen LogP contribution in [0.1, 0.15) is 46.9 Å². The molecule has 2 N–H and O–H groups in total. The number of thiophene rings is 1. The summed E-state index contributed by atoms with van der Waals surface area (Å²) in [6, 6.07) is 15.8. The van der Waals surface area contributed by atoms with Crippen molar-refractivity contribution in [1.29, 1.82) is 0 Å². The molecule has 3 aromatic rings. The van der Waals surface area contributed by atoms with Gasteiger partial charge in [0.2, 0.25) is 0 Å². The fourth-order valence-electron chi connectivity index (χ4n) is 3.31. The van der Waals surface area contributed by atoms with Crippen LogP contribution in [0.2, 0.25) is 0 Å². The highest BCUT2D eigenvalue weighted by molar-refractivity contribution is 7.94. The van der Waals surface area contributed by atoms with E-state index in [0.29, 0.717) is 11.3 Å². The summed E-state index contributed by atoms with van der Waals surface area (Å²) in [5, 5.41) is 4.83. The van der Waals surface area contributed by atoms with E-state index >= 15 is 0 Å². The van der Waals surface area contributed by atoms with Crippen molar-refractivity contribution >= 4 is 33.0 Å². The van der Waals surface area contributed by atoms with Crippen LogP contribution in [0.25, 0.3) is 0 Å². The lowest BCUT2D eigenvalue weighted by Gasteiger charge is -2.25. The Labute approximate surface area is 182 Å². The van der Waals surface area contributed by atoms with E-state index in [-0.39, 0.29) is 22.1 Å². The number of hydrogen-bond acceptors (Lipinski definition) is 4. The first-order valence-corrected chi connectivity index (χ1v) is 12.1. The Morgan fingerprint density at radius 2 is 1.70 bits per heavy atom. The van der Waals surface area contributed by atoms with Gasteiger partial charge in [-0.3, -0.25) is 9.52 Å². The van der Waals surface area contributed by atoms with Crippen LogP contribution in [0, 0.1) is 19.8 Å². The Morgan fingerprint density at radius 1 is 1.00 bits per heavy atom. The molecule has 1 amide bonds. The highest BCUT2D eigenvalue weighted by Crippen LogP contribution is 2.26. The van der Waals surface area contributed by atoms with Crippen molar-refractivity contribution in [3.8, 4) is 0 Å². The van der Waals surface area contributed by atoms with Crippen LogP contribution in [0.15, 0.2) is 64.2 Å². The topological polar surface area (TPSA) is 75.3 Å². The third kappa shape index (κ3) is 5.09. The predicted octanol–water partition coefficient (Wildman–Crippen LogP) is 5.29. The number of amides is 1. The molecule has 0 spiro atoms. The zero-order valence-corrected chi connectivity index (χ0v) is 19.1. The second-order valence-electron chi connectivity index (χ2n) is 7.67. The summed E-state index contributed by atoms with van der Waals surface area (Å²) < 4.78 is 27.5. The van der Waals surface area contributed by atoms with Crippen molar-refractivity contribution in [1.82, 2.24) is 5.32 Å². The zero-order chi connectivity index (χ0) is 21.9. The van der Waals surface area contributed by atoms with E-state index in [9.17, 15) is 13.2 Å². The predicted molar refractivity (Wildman–Crippen MR) is 123 cm³/mol. The lowest BCUT2D eigenvalue weighted by atomic mass is 9.91. The van der Waals surface area contributed by atoms with Gasteiger partial charge in [0.05, 0.1) is 6.04 Å². The lowest BCUT2D eigenvalue weighted by molar-refractivity contribution is 0.0925. The Balaban J connectivity index is 1.74. The zero-order valence-electron chi connectivity index (χ0n) is 17.5. The summed E-state index contributed by atoms with van der Waals surface area (Å²) in [4.78, 5) is 12.8. The normalized spacial score (nSPS) is 12.6. The van der Waals surface area contributed by atoms with Gasteiger partial charge in [0.25, 0.3) is 15.9 Å². The summed E-state index contributed by atoms with van der Waals surface area (Å²) >= 11 is 1.15. The number of carbonyl (C=O) groups is 1. The monoisotopic (exact) mass is 442 g/mol. The molecule has 3 rings (SSSR count). The molecule has 158 valence electrons. The minimum atomic E-state index is -3.61. The van der Waals surface area contributed by atoms with E-state index < -0.39 is 10.0 Å². The number of sulfonamides is 1. The number of hydrogen-bond donors (Lipinski definition) is 2. The van der Waals surface area contributed by atoms with Gasteiger partial charge in [0.1, 0.15) is 4.21 Å². The molecule has 30 heavy (non-hydrogen) atoms. The van der Waals surface area contributed by atoms with Crippen LogP contribution < -0.4 is 10.0 Å². The molecule has 0 bridgehead atoms. The minimum absolute atomic E-state index is 0.116. The summed E-state index contributed by atoms with van der Waals surface area (Å²) in [6.07, 6.45) is 0. The summed E-state index contributed by atoms with van der Waals surface area (Å²) in [7, 11) is -3.61. The van der Waals surface area contributed by atoms with Gasteiger partial charge in [-0.1, -0.05) is 43.7 Å². The van der Waals surface area contributed by atoms with Crippen molar-refractivity contribution in [2.75, 3.05) is 4.72 Å². The molecule has 1 atom stereocenters. The minimum Gasteiger partial charge on any atom is -0.345 e. The van der Waals surface area contributed by atoms with Crippen LogP contribution >= 0.6 is 11.3 Å². The van der Waals surface area contributed by atoms with Crippen LogP contribution in [-0.4, -0.2) is 14.3 Å². The Bertz CT molecular complexity index is 1120. The molecule has 5 nitrogen and oxygen atoms in total. The standard InChI is InChI=1S/C23H26N2O3S2/c1-15(2)22(20-12-7-16(3)14-17(20)4)24-23(26)18-8-10-19(11-9-18)25-30(27,28)21-6-5-13-29-21/h5-15,22,25H,1-4H3,(H,24,26)/t22-/m0/s1. The van der Waals surface area contributed by atoms with E-state index in [0.717, 1.165) is 22.5 Å². The summed E-state index contributed by atoms with van der Waals surface area (Å²) in [5.41, 5.74) is 4.32. The Hall–Kier alpha value is -2.64. The molecule has 0 saturated carbocycles. The quantitative estimate of drug-likeness (QED) is 0.522. The lowest BCUT2D eigenvalue weighted by Crippen LogP contribution is -2.32. The molecule has 0 radical (unpaired) electrons. The first kappa shape index (κ1) is 22.1. The number of aryl methyl sites for hydroxylation is 2. The second-order valence-corrected chi connectivity index (χ2v) is 10.5. The van der Waals surface area contributed by atoms with Gasteiger partial charge in [-0.25, -0.2) is 8.42 Å². The second kappa shape index (κ2) is 9.02. The average Bonchev–Trinajstić information content (AvgIpc) is 3.22. The van der Waals surface area contributed by atoms with Crippen molar-refractivity contribution in [2.45, 2.75) is 37.9 Å². The Kier molecular flexibility index (Phi) is 6.63. The molecule has 1 heterocycles. The van der Waals surface area contributed by atoms with E-state index in [1.165, 1.54) is 5.56 Å². The van der Waals surface area contributed by atoms with Gasteiger partial charge in [-0.05, 0) is 66.6 Å². The van der Waals surface area contributed by atoms with Gasteiger partial charge in [0.15, 0.2) is 0 Å². The van der Waals surface area contributed by atoms with Gasteiger partial charge in [0, 0.05) is 11.3 Å². The molecule has 0 aliphatic rings. The molecule has 0 aliphatic carbocycles. The van der Waals surface area contributed by atoms with E-state index in [1.54, 1.807) is 41.8 Å². The first-order chi connectivity index (χ1) is 14.2. The fraction of sp³-hybridized carbons (Fsp3) is 0.261. The van der Waals surface area contributed by atoms with Crippen molar-refractivity contribution in [3.05, 3.63) is 82.2 Å². The van der Waals surface area contributed by atoms with Crippen LogP contribution in [0.5, 0.6) is 0 Å². The van der Waals surface area contributed by atoms with E-state index in [2.05, 4.69) is 49.0 Å². The molecular formula is C23H26N2O3S2. The molecule has 0 fully saturated rings. The highest BCUT2D eigenvalue weighted by atomic mass is 32.2. The molecule has 0 saturated heterocycles. The number of anilines is 1. The van der Waals surface area contributed by atoms with Gasteiger partial charge >= 0.3 is 0 Å². The van der Waals surface area contributed by atoms with Gasteiger partial charge < -0.3 is 5.32 Å². The number of nitrogens with one attached hydrogen (secondary N) is 2. The highest BCUT2D eigenvalue weighted by Gasteiger charge is 2.21. The number of rotatable bonds is 7.